The molecule has 1 aromatic carbocycles. The summed E-state index contributed by atoms with van der Waals surface area (Å²) in [5.74, 6) is -1.41. The lowest BCUT2D eigenvalue weighted by Crippen LogP contribution is -2.38. The summed E-state index contributed by atoms with van der Waals surface area (Å²) in [6, 6.07) is 8.78. The SMILES string of the molecule is CC1CN(C(=O)NCc2cccc(C#N)c2)CC1C(=O)O. The van der Waals surface area contributed by atoms with Crippen molar-refractivity contribution in [3.05, 3.63) is 35.4 Å². The Kier molecular flexibility index (Phi) is 4.43. The van der Waals surface area contributed by atoms with Crippen LogP contribution in [-0.4, -0.2) is 35.1 Å². The smallest absolute Gasteiger partial charge is 0.317 e. The molecular formula is C15H17N3O3. The number of urea groups is 1. The van der Waals surface area contributed by atoms with Gasteiger partial charge < -0.3 is 15.3 Å². The van der Waals surface area contributed by atoms with Crippen LogP contribution in [0.3, 0.4) is 0 Å². The molecule has 2 rings (SSSR count). The molecule has 110 valence electrons. The quantitative estimate of drug-likeness (QED) is 0.879. The second kappa shape index (κ2) is 6.27. The van der Waals surface area contributed by atoms with E-state index in [0.29, 0.717) is 18.7 Å². The van der Waals surface area contributed by atoms with Gasteiger partial charge in [-0.15, -0.1) is 0 Å². The Labute approximate surface area is 123 Å². The van der Waals surface area contributed by atoms with Crippen LogP contribution in [0.1, 0.15) is 18.1 Å². The van der Waals surface area contributed by atoms with E-state index in [-0.39, 0.29) is 18.5 Å². The number of benzene rings is 1. The Balaban J connectivity index is 1.91. The topological polar surface area (TPSA) is 93.4 Å². The van der Waals surface area contributed by atoms with Crippen LogP contribution in [0, 0.1) is 23.2 Å². The van der Waals surface area contributed by atoms with Gasteiger partial charge in [0, 0.05) is 19.6 Å². The second-order valence-electron chi connectivity index (χ2n) is 5.30. The number of carbonyl (C=O) groups excluding carboxylic acids is 1. The average Bonchev–Trinajstić information content (AvgIpc) is 2.87. The number of hydrogen-bond acceptors (Lipinski definition) is 3. The van der Waals surface area contributed by atoms with E-state index in [0.717, 1.165) is 5.56 Å². The summed E-state index contributed by atoms with van der Waals surface area (Å²) in [5, 5.41) is 20.6. The molecule has 2 atom stereocenters. The van der Waals surface area contributed by atoms with Gasteiger partial charge in [0.15, 0.2) is 0 Å². The standard InChI is InChI=1S/C15H17N3O3/c1-10-8-18(9-13(10)14(19)20)15(21)17-7-12-4-2-3-11(5-12)6-16/h2-5,10,13H,7-9H2,1H3,(H,17,21)(H,19,20). The number of nitrogens with zero attached hydrogens (tertiary/aromatic N) is 2. The maximum atomic E-state index is 12.0. The number of nitriles is 1. The lowest BCUT2D eigenvalue weighted by atomic mass is 9.99. The van der Waals surface area contributed by atoms with Crippen LogP contribution >= 0.6 is 0 Å². The van der Waals surface area contributed by atoms with Crippen LogP contribution in [0.5, 0.6) is 0 Å². The van der Waals surface area contributed by atoms with E-state index in [1.54, 1.807) is 18.2 Å². The number of aliphatic carboxylic acids is 1. The molecule has 1 saturated heterocycles. The molecule has 1 aliphatic rings. The summed E-state index contributed by atoms with van der Waals surface area (Å²) in [4.78, 5) is 24.6. The van der Waals surface area contributed by atoms with Gasteiger partial charge >= 0.3 is 12.0 Å². The summed E-state index contributed by atoms with van der Waals surface area (Å²) >= 11 is 0. The molecule has 1 aromatic rings. The van der Waals surface area contributed by atoms with Gasteiger partial charge in [-0.3, -0.25) is 4.79 Å². The molecule has 0 saturated carbocycles. The Hall–Kier alpha value is -2.55. The van der Waals surface area contributed by atoms with Crippen molar-refractivity contribution >= 4 is 12.0 Å². The number of carbonyl (C=O) groups is 2. The van der Waals surface area contributed by atoms with Gasteiger partial charge in [-0.2, -0.15) is 5.26 Å². The molecule has 1 fully saturated rings. The summed E-state index contributed by atoms with van der Waals surface area (Å²) in [6.07, 6.45) is 0. The number of carboxylic acid groups (broad SMARTS) is 1. The largest absolute Gasteiger partial charge is 0.481 e. The molecule has 6 nitrogen and oxygen atoms in total. The van der Waals surface area contributed by atoms with Crippen molar-refractivity contribution in [2.45, 2.75) is 13.5 Å². The Bertz CT molecular complexity index is 594. The van der Waals surface area contributed by atoms with Crippen LogP contribution in [0.4, 0.5) is 4.79 Å². The normalized spacial score (nSPS) is 20.9. The van der Waals surface area contributed by atoms with Crippen LogP contribution in [0.2, 0.25) is 0 Å². The highest BCUT2D eigenvalue weighted by Gasteiger charge is 2.36. The second-order valence-corrected chi connectivity index (χ2v) is 5.30. The fourth-order valence-electron chi connectivity index (χ4n) is 2.49. The van der Waals surface area contributed by atoms with E-state index in [2.05, 4.69) is 5.32 Å². The summed E-state index contributed by atoms with van der Waals surface area (Å²) < 4.78 is 0. The van der Waals surface area contributed by atoms with Gasteiger partial charge in [-0.05, 0) is 23.6 Å². The zero-order valence-corrected chi connectivity index (χ0v) is 11.7. The van der Waals surface area contributed by atoms with E-state index in [1.807, 2.05) is 19.1 Å². The number of rotatable bonds is 3. The molecule has 21 heavy (non-hydrogen) atoms. The minimum atomic E-state index is -0.862. The van der Waals surface area contributed by atoms with Gasteiger partial charge in [0.2, 0.25) is 0 Å². The highest BCUT2D eigenvalue weighted by Crippen LogP contribution is 2.23. The van der Waals surface area contributed by atoms with Crippen LogP contribution < -0.4 is 5.32 Å². The van der Waals surface area contributed by atoms with E-state index in [9.17, 15) is 9.59 Å². The van der Waals surface area contributed by atoms with Crippen LogP contribution in [0.15, 0.2) is 24.3 Å². The Morgan fingerprint density at radius 2 is 2.24 bits per heavy atom. The molecule has 2 amide bonds. The molecule has 0 bridgehead atoms. The fraction of sp³-hybridized carbons (Fsp3) is 0.400. The number of amides is 2. The number of carboxylic acids is 1. The van der Waals surface area contributed by atoms with Crippen molar-refractivity contribution in [1.82, 2.24) is 10.2 Å². The highest BCUT2D eigenvalue weighted by molar-refractivity contribution is 5.77. The molecule has 6 heteroatoms. The molecule has 1 aliphatic heterocycles. The summed E-state index contributed by atoms with van der Waals surface area (Å²) in [6.45, 7) is 2.83. The van der Waals surface area contributed by atoms with Gasteiger partial charge in [0.05, 0.1) is 17.6 Å². The predicted octanol–water partition coefficient (Wildman–Crippen LogP) is 1.42. The van der Waals surface area contributed by atoms with E-state index >= 15 is 0 Å². The minimum absolute atomic E-state index is 0.0461. The van der Waals surface area contributed by atoms with Crippen molar-refractivity contribution in [3.63, 3.8) is 0 Å². The lowest BCUT2D eigenvalue weighted by Gasteiger charge is -2.17. The monoisotopic (exact) mass is 287 g/mol. The van der Waals surface area contributed by atoms with Crippen LogP contribution in [-0.2, 0) is 11.3 Å². The maximum Gasteiger partial charge on any atom is 0.317 e. The third-order valence-electron chi connectivity index (χ3n) is 3.72. The zero-order chi connectivity index (χ0) is 15.4. The van der Waals surface area contributed by atoms with Crippen molar-refractivity contribution in [3.8, 4) is 6.07 Å². The first kappa shape index (κ1) is 14.9. The lowest BCUT2D eigenvalue weighted by molar-refractivity contribution is -0.142. The molecule has 2 unspecified atom stereocenters. The fourth-order valence-corrected chi connectivity index (χ4v) is 2.49. The van der Waals surface area contributed by atoms with E-state index in [1.165, 1.54) is 4.90 Å². The highest BCUT2D eigenvalue weighted by atomic mass is 16.4. The molecule has 0 spiro atoms. The average molecular weight is 287 g/mol. The van der Waals surface area contributed by atoms with Gasteiger partial charge in [-0.1, -0.05) is 19.1 Å². The van der Waals surface area contributed by atoms with Gasteiger partial charge in [0.25, 0.3) is 0 Å². The first-order chi connectivity index (χ1) is 10.0. The molecule has 0 aromatic heterocycles. The Morgan fingerprint density at radius 1 is 1.48 bits per heavy atom. The molecule has 1 heterocycles. The number of hydrogen-bond donors (Lipinski definition) is 2. The molecule has 0 aliphatic carbocycles. The first-order valence-corrected chi connectivity index (χ1v) is 6.76. The summed E-state index contributed by atoms with van der Waals surface area (Å²) in [7, 11) is 0. The van der Waals surface area contributed by atoms with E-state index < -0.39 is 11.9 Å². The molecule has 2 N–H and O–H groups in total. The van der Waals surface area contributed by atoms with Gasteiger partial charge in [0.1, 0.15) is 0 Å². The van der Waals surface area contributed by atoms with Crippen LogP contribution in [0.25, 0.3) is 0 Å². The molecular weight excluding hydrogens is 270 g/mol. The van der Waals surface area contributed by atoms with Crippen molar-refractivity contribution in [1.29, 1.82) is 5.26 Å². The van der Waals surface area contributed by atoms with Crippen molar-refractivity contribution in [2.24, 2.45) is 11.8 Å². The summed E-state index contributed by atoms with van der Waals surface area (Å²) in [5.41, 5.74) is 1.38. The molecule has 0 radical (unpaired) electrons. The Morgan fingerprint density at radius 3 is 2.86 bits per heavy atom. The number of nitrogens with one attached hydrogen (secondary N) is 1. The van der Waals surface area contributed by atoms with Crippen molar-refractivity contribution in [2.75, 3.05) is 13.1 Å². The third kappa shape index (κ3) is 3.51. The predicted molar refractivity (Wildman–Crippen MR) is 75.3 cm³/mol. The van der Waals surface area contributed by atoms with Crippen molar-refractivity contribution < 1.29 is 14.7 Å². The van der Waals surface area contributed by atoms with Gasteiger partial charge in [-0.25, -0.2) is 4.79 Å². The number of likely N-dealkylation sites (tertiary alicyclic amines) is 1. The first-order valence-electron chi connectivity index (χ1n) is 6.76. The minimum Gasteiger partial charge on any atom is -0.481 e. The zero-order valence-electron chi connectivity index (χ0n) is 11.7. The van der Waals surface area contributed by atoms with E-state index in [4.69, 9.17) is 10.4 Å². The maximum absolute atomic E-state index is 12.0. The third-order valence-corrected chi connectivity index (χ3v) is 3.72.